The summed E-state index contributed by atoms with van der Waals surface area (Å²) in [6.07, 6.45) is 18.6. The summed E-state index contributed by atoms with van der Waals surface area (Å²) in [7, 11) is 0. The molecule has 0 atom stereocenters. The van der Waals surface area contributed by atoms with Gasteiger partial charge in [-0.2, -0.15) is 0 Å². The summed E-state index contributed by atoms with van der Waals surface area (Å²) in [6, 6.07) is 4.23. The Labute approximate surface area is 173 Å². The minimum atomic E-state index is 0.0727. The highest BCUT2D eigenvalue weighted by Crippen LogP contribution is 2.43. The lowest BCUT2D eigenvalue weighted by Crippen LogP contribution is -2.26. The van der Waals surface area contributed by atoms with Crippen LogP contribution < -0.4 is 0 Å². The van der Waals surface area contributed by atoms with Crippen LogP contribution in [0.4, 0.5) is 4.39 Å². The van der Waals surface area contributed by atoms with Gasteiger partial charge >= 0.3 is 0 Å². The zero-order valence-corrected chi connectivity index (χ0v) is 18.7. The molecule has 0 saturated heterocycles. The molecule has 2 fully saturated rings. The Hall–Kier alpha value is -0.850. The molecule has 0 aromatic heterocycles. The van der Waals surface area contributed by atoms with Crippen LogP contribution in [0.2, 0.25) is 0 Å². The second-order valence-electron chi connectivity index (χ2n) is 9.96. The summed E-state index contributed by atoms with van der Waals surface area (Å²) in [4.78, 5) is 0. The van der Waals surface area contributed by atoms with E-state index in [1.165, 1.54) is 76.2 Å². The molecule has 0 spiro atoms. The van der Waals surface area contributed by atoms with Gasteiger partial charge in [-0.3, -0.25) is 0 Å². The van der Waals surface area contributed by atoms with Gasteiger partial charge in [0.15, 0.2) is 0 Å². The number of halogens is 1. The van der Waals surface area contributed by atoms with Gasteiger partial charge < -0.3 is 0 Å². The predicted octanol–water partition coefficient (Wildman–Crippen LogP) is 8.43. The first kappa shape index (κ1) is 21.8. The molecule has 1 aromatic rings. The Morgan fingerprint density at radius 1 is 0.714 bits per heavy atom. The summed E-state index contributed by atoms with van der Waals surface area (Å²) in [5.41, 5.74) is 3.04. The minimum Gasteiger partial charge on any atom is -0.206 e. The number of benzene rings is 1. The van der Waals surface area contributed by atoms with Crippen LogP contribution in [0.25, 0.3) is 0 Å². The summed E-state index contributed by atoms with van der Waals surface area (Å²) >= 11 is 0. The molecule has 0 radical (unpaired) electrons. The Kier molecular flexibility index (Phi) is 8.42. The van der Waals surface area contributed by atoms with E-state index in [0.717, 1.165) is 54.1 Å². The maximum atomic E-state index is 14.7. The normalized spacial score (nSPS) is 28.4. The fourth-order valence-electron chi connectivity index (χ4n) is 6.18. The van der Waals surface area contributed by atoms with Crippen LogP contribution in [0.1, 0.15) is 108 Å². The molecule has 0 N–H and O–H groups in total. The number of hydrogen-bond donors (Lipinski definition) is 0. The van der Waals surface area contributed by atoms with E-state index in [4.69, 9.17) is 0 Å². The summed E-state index contributed by atoms with van der Waals surface area (Å²) < 4.78 is 14.7. The Balaban J connectivity index is 1.42. The first-order valence-electron chi connectivity index (χ1n) is 12.4. The Morgan fingerprint density at radius 2 is 1.25 bits per heavy atom. The third kappa shape index (κ3) is 5.61. The lowest BCUT2D eigenvalue weighted by atomic mass is 9.68. The first-order valence-corrected chi connectivity index (χ1v) is 12.4. The third-order valence-electron chi connectivity index (χ3n) is 8.07. The van der Waals surface area contributed by atoms with Crippen molar-refractivity contribution in [3.63, 3.8) is 0 Å². The van der Waals surface area contributed by atoms with Crippen LogP contribution in [0.3, 0.4) is 0 Å². The highest BCUT2D eigenvalue weighted by molar-refractivity contribution is 5.33. The van der Waals surface area contributed by atoms with E-state index >= 15 is 0 Å². The molecule has 0 nitrogen and oxygen atoms in total. The van der Waals surface area contributed by atoms with Crippen molar-refractivity contribution in [2.45, 2.75) is 111 Å². The largest absolute Gasteiger partial charge is 0.206 e. The van der Waals surface area contributed by atoms with E-state index < -0.39 is 0 Å². The smallest absolute Gasteiger partial charge is 0.129 e. The molecule has 28 heavy (non-hydrogen) atoms. The van der Waals surface area contributed by atoms with Crippen molar-refractivity contribution in [3.05, 3.63) is 34.6 Å². The topological polar surface area (TPSA) is 0 Å². The van der Waals surface area contributed by atoms with Gasteiger partial charge in [0.25, 0.3) is 0 Å². The fraction of sp³-hybridized carbons (Fsp3) is 0.778. The average molecular weight is 387 g/mol. The van der Waals surface area contributed by atoms with Crippen molar-refractivity contribution < 1.29 is 4.39 Å². The van der Waals surface area contributed by atoms with E-state index in [0.29, 0.717) is 0 Å². The van der Waals surface area contributed by atoms with Crippen LogP contribution in [-0.2, 0) is 12.8 Å². The standard InChI is InChI=1S/C27H43F/c1-4-6-21-8-13-24(14-9-21)25-15-10-22(11-16-25)12-17-26-19-18-23(7-5-2)20(3)27(26)28/h18-19,21-22,24-25H,4-17H2,1-3H3. The van der Waals surface area contributed by atoms with Crippen LogP contribution in [0.5, 0.6) is 0 Å². The molecule has 0 unspecified atom stereocenters. The lowest BCUT2D eigenvalue weighted by Gasteiger charge is -2.38. The van der Waals surface area contributed by atoms with Gasteiger partial charge in [0.2, 0.25) is 0 Å². The Bertz CT molecular complexity index is 589. The van der Waals surface area contributed by atoms with Crippen molar-refractivity contribution in [2.75, 3.05) is 0 Å². The molecule has 2 aliphatic rings. The molecular formula is C27H43F. The molecule has 2 saturated carbocycles. The van der Waals surface area contributed by atoms with Gasteiger partial charge in [-0.05, 0) is 92.2 Å². The van der Waals surface area contributed by atoms with E-state index in [1.54, 1.807) is 0 Å². The number of rotatable bonds is 8. The minimum absolute atomic E-state index is 0.0727. The summed E-state index contributed by atoms with van der Waals surface area (Å²) in [5, 5.41) is 0. The average Bonchev–Trinajstić information content (AvgIpc) is 2.72. The maximum absolute atomic E-state index is 14.7. The van der Waals surface area contributed by atoms with Crippen molar-refractivity contribution in [3.8, 4) is 0 Å². The van der Waals surface area contributed by atoms with Crippen molar-refractivity contribution in [1.29, 1.82) is 0 Å². The zero-order valence-electron chi connectivity index (χ0n) is 18.7. The molecule has 3 rings (SSSR count). The van der Waals surface area contributed by atoms with E-state index in [1.807, 2.05) is 6.92 Å². The van der Waals surface area contributed by atoms with Crippen LogP contribution in [0.15, 0.2) is 12.1 Å². The molecule has 1 heteroatoms. The van der Waals surface area contributed by atoms with Crippen LogP contribution in [-0.4, -0.2) is 0 Å². The molecule has 158 valence electrons. The molecule has 0 aliphatic heterocycles. The van der Waals surface area contributed by atoms with Gasteiger partial charge in [-0.15, -0.1) is 0 Å². The predicted molar refractivity (Wildman–Crippen MR) is 119 cm³/mol. The van der Waals surface area contributed by atoms with Gasteiger partial charge in [0.1, 0.15) is 5.82 Å². The lowest BCUT2D eigenvalue weighted by molar-refractivity contribution is 0.141. The number of hydrogen-bond acceptors (Lipinski definition) is 0. The molecule has 0 heterocycles. The van der Waals surface area contributed by atoms with Crippen LogP contribution in [0, 0.1) is 36.4 Å². The summed E-state index contributed by atoms with van der Waals surface area (Å²) in [5.74, 6) is 3.93. The maximum Gasteiger partial charge on any atom is 0.129 e. The molecule has 2 aliphatic carbocycles. The van der Waals surface area contributed by atoms with Crippen LogP contribution >= 0.6 is 0 Å². The first-order chi connectivity index (χ1) is 13.6. The van der Waals surface area contributed by atoms with Gasteiger partial charge in [-0.25, -0.2) is 4.39 Å². The highest BCUT2D eigenvalue weighted by Gasteiger charge is 2.30. The van der Waals surface area contributed by atoms with E-state index in [2.05, 4.69) is 26.0 Å². The van der Waals surface area contributed by atoms with Crippen molar-refractivity contribution in [1.82, 2.24) is 0 Å². The summed E-state index contributed by atoms with van der Waals surface area (Å²) in [6.45, 7) is 6.46. The van der Waals surface area contributed by atoms with E-state index in [9.17, 15) is 4.39 Å². The second kappa shape index (κ2) is 10.8. The Morgan fingerprint density at radius 3 is 1.79 bits per heavy atom. The van der Waals surface area contributed by atoms with Gasteiger partial charge in [0.05, 0.1) is 0 Å². The monoisotopic (exact) mass is 386 g/mol. The SMILES string of the molecule is CCCc1ccc(CCC2CCC(C3CCC(CCC)CC3)CC2)c(F)c1C. The van der Waals surface area contributed by atoms with E-state index in [-0.39, 0.29) is 5.82 Å². The van der Waals surface area contributed by atoms with Crippen molar-refractivity contribution in [2.24, 2.45) is 23.7 Å². The van der Waals surface area contributed by atoms with Gasteiger partial charge in [-0.1, -0.05) is 70.9 Å². The number of aryl methyl sites for hydroxylation is 2. The van der Waals surface area contributed by atoms with Crippen molar-refractivity contribution >= 4 is 0 Å². The highest BCUT2D eigenvalue weighted by atomic mass is 19.1. The van der Waals surface area contributed by atoms with Gasteiger partial charge in [0, 0.05) is 0 Å². The molecule has 1 aromatic carbocycles. The third-order valence-corrected chi connectivity index (χ3v) is 8.07. The zero-order chi connectivity index (χ0) is 19.9. The quantitative estimate of drug-likeness (QED) is 0.420. The molecular weight excluding hydrogens is 343 g/mol. The molecule has 0 bridgehead atoms. The molecule has 0 amide bonds. The fourth-order valence-corrected chi connectivity index (χ4v) is 6.18. The second-order valence-corrected chi connectivity index (χ2v) is 9.96.